The molecule has 0 aliphatic heterocycles. The molecule has 1 aromatic rings. The molecule has 1 atom stereocenters. The molecule has 0 fully saturated rings. The van der Waals surface area contributed by atoms with Gasteiger partial charge >= 0.3 is 6.36 Å². The van der Waals surface area contributed by atoms with Crippen molar-refractivity contribution in [2.24, 2.45) is 5.73 Å². The second-order valence-corrected chi connectivity index (χ2v) is 3.21. The smallest absolute Gasteiger partial charge is 0.467 e. The molecular weight excluding hydrogens is 223 g/mol. The maximum Gasteiger partial charge on any atom is 0.525 e. The quantitative estimate of drug-likeness (QED) is 0.816. The highest BCUT2D eigenvalue weighted by Gasteiger charge is 2.29. The van der Waals surface area contributed by atoms with Crippen molar-refractivity contribution < 1.29 is 22.6 Å². The van der Waals surface area contributed by atoms with Gasteiger partial charge in [0.15, 0.2) is 6.79 Å². The number of nitrogens with two attached hydrogens (primary N) is 1. The number of hydrogen-bond donors (Lipinski definition) is 1. The maximum atomic E-state index is 11.6. The van der Waals surface area contributed by atoms with E-state index in [0.29, 0.717) is 5.75 Å². The minimum Gasteiger partial charge on any atom is -0.467 e. The van der Waals surface area contributed by atoms with Crippen molar-refractivity contribution >= 4 is 0 Å². The van der Waals surface area contributed by atoms with E-state index >= 15 is 0 Å². The Balaban J connectivity index is 2.44. The van der Waals surface area contributed by atoms with E-state index in [-0.39, 0.29) is 6.04 Å². The van der Waals surface area contributed by atoms with Crippen molar-refractivity contribution in [2.45, 2.75) is 19.3 Å². The van der Waals surface area contributed by atoms with Crippen LogP contribution >= 0.6 is 0 Å². The fourth-order valence-electron chi connectivity index (χ4n) is 1.03. The first kappa shape index (κ1) is 12.8. The van der Waals surface area contributed by atoms with Gasteiger partial charge in [0.05, 0.1) is 0 Å². The van der Waals surface area contributed by atoms with Crippen LogP contribution in [-0.2, 0) is 4.74 Å². The largest absolute Gasteiger partial charge is 0.525 e. The third-order valence-electron chi connectivity index (χ3n) is 1.85. The molecule has 0 radical (unpaired) electrons. The molecule has 2 N–H and O–H groups in total. The molecule has 0 heterocycles. The first-order chi connectivity index (χ1) is 7.38. The van der Waals surface area contributed by atoms with Gasteiger partial charge in [0.2, 0.25) is 0 Å². The van der Waals surface area contributed by atoms with Gasteiger partial charge < -0.3 is 10.5 Å². The van der Waals surface area contributed by atoms with Crippen molar-refractivity contribution in [1.29, 1.82) is 0 Å². The Labute approximate surface area is 91.0 Å². The Morgan fingerprint density at radius 2 is 1.81 bits per heavy atom. The number of ether oxygens (including phenoxy) is 2. The molecule has 1 unspecified atom stereocenters. The number of hydrogen-bond acceptors (Lipinski definition) is 3. The molecule has 0 saturated heterocycles. The average molecular weight is 235 g/mol. The molecule has 1 aromatic carbocycles. The van der Waals surface area contributed by atoms with E-state index in [4.69, 9.17) is 10.5 Å². The minimum atomic E-state index is -4.67. The molecule has 16 heavy (non-hydrogen) atoms. The number of halogens is 3. The van der Waals surface area contributed by atoms with Crippen LogP contribution < -0.4 is 10.5 Å². The molecule has 0 aliphatic rings. The maximum absolute atomic E-state index is 11.6. The SMILES string of the molecule is CC(N)c1ccc(OCOC(F)(F)F)cc1. The fourth-order valence-corrected chi connectivity index (χ4v) is 1.03. The zero-order valence-electron chi connectivity index (χ0n) is 8.62. The summed E-state index contributed by atoms with van der Waals surface area (Å²) < 4.78 is 43.0. The number of alkyl halides is 3. The molecule has 0 spiro atoms. The summed E-state index contributed by atoms with van der Waals surface area (Å²) >= 11 is 0. The summed E-state index contributed by atoms with van der Waals surface area (Å²) in [5.74, 6) is 0.300. The molecular formula is C10H12F3NO2. The van der Waals surface area contributed by atoms with Gasteiger partial charge in [-0.25, -0.2) is 0 Å². The van der Waals surface area contributed by atoms with Crippen molar-refractivity contribution in [1.82, 2.24) is 0 Å². The fraction of sp³-hybridized carbons (Fsp3) is 0.400. The summed E-state index contributed by atoms with van der Waals surface area (Å²) in [7, 11) is 0. The van der Waals surface area contributed by atoms with Gasteiger partial charge in [-0.15, -0.1) is 13.2 Å². The summed E-state index contributed by atoms with van der Waals surface area (Å²) in [6.45, 7) is 0.948. The average Bonchev–Trinajstić information content (AvgIpc) is 2.16. The van der Waals surface area contributed by atoms with Gasteiger partial charge in [-0.1, -0.05) is 12.1 Å². The lowest BCUT2D eigenvalue weighted by atomic mass is 10.1. The summed E-state index contributed by atoms with van der Waals surface area (Å²) in [4.78, 5) is 0. The van der Waals surface area contributed by atoms with Gasteiger partial charge in [-0.3, -0.25) is 4.74 Å². The highest BCUT2D eigenvalue weighted by molar-refractivity contribution is 5.28. The van der Waals surface area contributed by atoms with E-state index in [1.165, 1.54) is 0 Å². The summed E-state index contributed by atoms with van der Waals surface area (Å²) in [5.41, 5.74) is 6.49. The lowest BCUT2D eigenvalue weighted by Gasteiger charge is -2.10. The van der Waals surface area contributed by atoms with E-state index in [2.05, 4.69) is 4.74 Å². The Bertz CT molecular complexity index is 322. The van der Waals surface area contributed by atoms with Crippen LogP contribution in [0.5, 0.6) is 5.75 Å². The van der Waals surface area contributed by atoms with Gasteiger partial charge in [0, 0.05) is 6.04 Å². The molecule has 0 aromatic heterocycles. The molecule has 90 valence electrons. The molecule has 0 aliphatic carbocycles. The normalized spacial score (nSPS) is 13.6. The van der Waals surface area contributed by atoms with Crippen molar-refractivity contribution in [3.8, 4) is 5.75 Å². The summed E-state index contributed by atoms with van der Waals surface area (Å²) in [5, 5.41) is 0. The van der Waals surface area contributed by atoms with Gasteiger partial charge in [0.25, 0.3) is 0 Å². The highest BCUT2D eigenvalue weighted by Crippen LogP contribution is 2.19. The van der Waals surface area contributed by atoms with Crippen LogP contribution in [-0.4, -0.2) is 13.2 Å². The predicted octanol–water partition coefficient (Wildman–Crippen LogP) is 2.58. The topological polar surface area (TPSA) is 44.5 Å². The second kappa shape index (κ2) is 5.18. The first-order valence-electron chi connectivity index (χ1n) is 4.57. The van der Waals surface area contributed by atoms with E-state index < -0.39 is 13.2 Å². The van der Waals surface area contributed by atoms with E-state index in [9.17, 15) is 13.2 Å². The minimum absolute atomic E-state index is 0.125. The number of rotatable bonds is 4. The third-order valence-corrected chi connectivity index (χ3v) is 1.85. The lowest BCUT2D eigenvalue weighted by molar-refractivity contribution is -0.341. The summed E-state index contributed by atoms with van der Waals surface area (Å²) in [6.07, 6.45) is -4.67. The lowest BCUT2D eigenvalue weighted by Crippen LogP contribution is -2.17. The van der Waals surface area contributed by atoms with Crippen LogP contribution in [0, 0.1) is 0 Å². The Kier molecular flexibility index (Phi) is 4.14. The van der Waals surface area contributed by atoms with Crippen LogP contribution in [0.1, 0.15) is 18.5 Å². The predicted molar refractivity (Wildman–Crippen MR) is 51.7 cm³/mol. The highest BCUT2D eigenvalue weighted by atomic mass is 19.4. The van der Waals surface area contributed by atoms with Crippen LogP contribution in [0.15, 0.2) is 24.3 Å². The van der Waals surface area contributed by atoms with E-state index in [1.54, 1.807) is 24.3 Å². The zero-order chi connectivity index (χ0) is 12.2. The van der Waals surface area contributed by atoms with Crippen LogP contribution in [0.4, 0.5) is 13.2 Å². The van der Waals surface area contributed by atoms with Gasteiger partial charge in [-0.05, 0) is 24.6 Å². The number of benzene rings is 1. The molecule has 6 heteroatoms. The molecule has 0 saturated carbocycles. The first-order valence-corrected chi connectivity index (χ1v) is 4.57. The Morgan fingerprint density at radius 1 is 1.25 bits per heavy atom. The second-order valence-electron chi connectivity index (χ2n) is 3.21. The van der Waals surface area contributed by atoms with Crippen molar-refractivity contribution in [3.05, 3.63) is 29.8 Å². The Hall–Kier alpha value is -1.27. The van der Waals surface area contributed by atoms with Gasteiger partial charge in [0.1, 0.15) is 5.75 Å². The monoisotopic (exact) mass is 235 g/mol. The van der Waals surface area contributed by atoms with Crippen LogP contribution in [0.3, 0.4) is 0 Å². The standard InChI is InChI=1S/C10H12F3NO2/c1-7(14)8-2-4-9(5-3-8)15-6-16-10(11,12)13/h2-5,7H,6,14H2,1H3. The van der Waals surface area contributed by atoms with Crippen LogP contribution in [0.25, 0.3) is 0 Å². The van der Waals surface area contributed by atoms with Gasteiger partial charge in [-0.2, -0.15) is 0 Å². The molecule has 1 rings (SSSR count). The molecule has 3 nitrogen and oxygen atoms in total. The van der Waals surface area contributed by atoms with E-state index in [0.717, 1.165) is 5.56 Å². The Morgan fingerprint density at radius 3 is 2.25 bits per heavy atom. The molecule has 0 bridgehead atoms. The third kappa shape index (κ3) is 4.50. The van der Waals surface area contributed by atoms with Crippen molar-refractivity contribution in [3.63, 3.8) is 0 Å². The molecule has 0 amide bonds. The van der Waals surface area contributed by atoms with Crippen LogP contribution in [0.2, 0.25) is 0 Å². The van der Waals surface area contributed by atoms with Crippen molar-refractivity contribution in [2.75, 3.05) is 6.79 Å². The van der Waals surface area contributed by atoms with E-state index in [1.807, 2.05) is 6.92 Å². The summed E-state index contributed by atoms with van der Waals surface area (Å²) in [6, 6.07) is 6.33. The zero-order valence-corrected chi connectivity index (χ0v) is 8.62.